The zero-order chi connectivity index (χ0) is 18.6. The van der Waals surface area contributed by atoms with Crippen molar-refractivity contribution < 1.29 is 24.3 Å². The van der Waals surface area contributed by atoms with Gasteiger partial charge in [0, 0.05) is 11.9 Å². The van der Waals surface area contributed by atoms with Gasteiger partial charge >= 0.3 is 5.97 Å². The summed E-state index contributed by atoms with van der Waals surface area (Å²) >= 11 is 5.83. The fraction of sp³-hybridized carbons (Fsp3) is 0.222. The van der Waals surface area contributed by atoms with Gasteiger partial charge in [0.15, 0.2) is 11.4 Å². The van der Waals surface area contributed by atoms with Gasteiger partial charge in [-0.1, -0.05) is 11.6 Å². The summed E-state index contributed by atoms with van der Waals surface area (Å²) in [5, 5.41) is 10.8. The van der Waals surface area contributed by atoms with Crippen molar-refractivity contribution in [1.82, 2.24) is 0 Å². The van der Waals surface area contributed by atoms with Crippen LogP contribution in [0.25, 0.3) is 0 Å². The smallest absolute Gasteiger partial charge is 0.347 e. The van der Waals surface area contributed by atoms with Gasteiger partial charge in [0.05, 0.1) is 5.69 Å². The molecule has 0 atom stereocenters. The van der Waals surface area contributed by atoms with Crippen LogP contribution in [0.3, 0.4) is 0 Å². The van der Waals surface area contributed by atoms with Gasteiger partial charge in [0.1, 0.15) is 5.75 Å². The lowest BCUT2D eigenvalue weighted by Crippen LogP contribution is -2.37. The number of hydroxylamine groups is 1. The van der Waals surface area contributed by atoms with Gasteiger partial charge in [0.25, 0.3) is 5.91 Å². The minimum absolute atomic E-state index is 0.325. The molecule has 2 rings (SSSR count). The van der Waals surface area contributed by atoms with E-state index in [1.54, 1.807) is 48.5 Å². The molecule has 0 radical (unpaired) electrons. The van der Waals surface area contributed by atoms with Gasteiger partial charge < -0.3 is 14.7 Å². The van der Waals surface area contributed by atoms with Crippen molar-refractivity contribution in [2.45, 2.75) is 26.4 Å². The molecule has 0 unspecified atom stereocenters. The van der Waals surface area contributed by atoms with Crippen molar-refractivity contribution in [3.05, 3.63) is 53.6 Å². The molecule has 2 aromatic rings. The molecule has 6 nitrogen and oxygen atoms in total. The number of hydrogen-bond acceptors (Lipinski definition) is 4. The van der Waals surface area contributed by atoms with Gasteiger partial charge in [-0.15, -0.1) is 5.06 Å². The van der Waals surface area contributed by atoms with E-state index in [2.05, 4.69) is 0 Å². The molecule has 1 N–H and O–H groups in total. The molecule has 0 saturated heterocycles. The van der Waals surface area contributed by atoms with Crippen LogP contribution in [0.1, 0.15) is 20.8 Å². The van der Waals surface area contributed by atoms with Crippen LogP contribution >= 0.6 is 11.6 Å². The SMILES string of the molecule is CC(=O)N(Oc1ccc(Cl)cc1)c1ccc(OC(C)(C)C(=O)O)cc1. The quantitative estimate of drug-likeness (QED) is 0.787. The first-order valence-electron chi connectivity index (χ1n) is 7.46. The molecular weight excluding hydrogens is 346 g/mol. The van der Waals surface area contributed by atoms with Crippen LogP contribution in [0.5, 0.6) is 11.5 Å². The highest BCUT2D eigenvalue weighted by Crippen LogP contribution is 2.25. The maximum atomic E-state index is 11.9. The van der Waals surface area contributed by atoms with Crippen molar-refractivity contribution in [1.29, 1.82) is 0 Å². The fourth-order valence-corrected chi connectivity index (χ4v) is 2.01. The number of nitrogens with zero attached hydrogens (tertiary/aromatic N) is 1. The second-order valence-electron chi connectivity index (χ2n) is 5.77. The number of ether oxygens (including phenoxy) is 1. The Labute approximate surface area is 150 Å². The molecule has 25 heavy (non-hydrogen) atoms. The van der Waals surface area contributed by atoms with E-state index >= 15 is 0 Å². The molecule has 0 aliphatic rings. The van der Waals surface area contributed by atoms with Crippen molar-refractivity contribution in [2.24, 2.45) is 0 Å². The molecule has 0 aliphatic heterocycles. The molecule has 2 aromatic carbocycles. The summed E-state index contributed by atoms with van der Waals surface area (Å²) < 4.78 is 5.43. The zero-order valence-electron chi connectivity index (χ0n) is 14.0. The number of carbonyl (C=O) groups excluding carboxylic acids is 1. The Bertz CT molecular complexity index is 756. The van der Waals surface area contributed by atoms with E-state index in [1.165, 1.54) is 20.8 Å². The lowest BCUT2D eigenvalue weighted by molar-refractivity contribution is -0.152. The summed E-state index contributed by atoms with van der Waals surface area (Å²) in [7, 11) is 0. The van der Waals surface area contributed by atoms with Crippen LogP contribution in [0.4, 0.5) is 5.69 Å². The highest BCUT2D eigenvalue weighted by Gasteiger charge is 2.29. The Balaban J connectivity index is 2.18. The Hall–Kier alpha value is -2.73. The summed E-state index contributed by atoms with van der Waals surface area (Å²) in [5.41, 5.74) is -0.885. The Morgan fingerprint density at radius 2 is 1.52 bits per heavy atom. The molecule has 132 valence electrons. The zero-order valence-corrected chi connectivity index (χ0v) is 14.8. The number of anilines is 1. The van der Waals surface area contributed by atoms with Crippen LogP contribution in [-0.4, -0.2) is 22.6 Å². The van der Waals surface area contributed by atoms with Crippen molar-refractivity contribution >= 4 is 29.2 Å². The monoisotopic (exact) mass is 363 g/mol. The second kappa shape index (κ2) is 7.44. The van der Waals surface area contributed by atoms with E-state index in [1.807, 2.05) is 0 Å². The van der Waals surface area contributed by atoms with Crippen molar-refractivity contribution in [3.8, 4) is 11.5 Å². The predicted octanol–water partition coefficient (Wildman–Crippen LogP) is 3.93. The molecular formula is C18H18ClNO5. The number of halogens is 1. The van der Waals surface area contributed by atoms with E-state index in [9.17, 15) is 9.59 Å². The number of carboxylic acids is 1. The van der Waals surface area contributed by atoms with Crippen LogP contribution in [0.2, 0.25) is 5.02 Å². The Morgan fingerprint density at radius 3 is 2.00 bits per heavy atom. The van der Waals surface area contributed by atoms with Gasteiger partial charge in [-0.05, 0) is 62.4 Å². The van der Waals surface area contributed by atoms with Crippen LogP contribution in [-0.2, 0) is 9.59 Å². The summed E-state index contributed by atoms with van der Waals surface area (Å²) in [6.07, 6.45) is 0. The van der Waals surface area contributed by atoms with Crippen LogP contribution in [0, 0.1) is 0 Å². The lowest BCUT2D eigenvalue weighted by atomic mass is 10.1. The first-order chi connectivity index (χ1) is 11.7. The van der Waals surface area contributed by atoms with E-state index < -0.39 is 11.6 Å². The van der Waals surface area contributed by atoms with Gasteiger partial charge in [-0.25, -0.2) is 4.79 Å². The lowest BCUT2D eigenvalue weighted by Gasteiger charge is -2.23. The largest absolute Gasteiger partial charge is 0.478 e. The van der Waals surface area contributed by atoms with Gasteiger partial charge in [-0.3, -0.25) is 4.79 Å². The van der Waals surface area contributed by atoms with Crippen molar-refractivity contribution in [2.75, 3.05) is 5.06 Å². The molecule has 0 saturated carbocycles. The number of benzene rings is 2. The number of hydrogen-bond donors (Lipinski definition) is 1. The molecule has 0 spiro atoms. The molecule has 0 heterocycles. The highest BCUT2D eigenvalue weighted by molar-refractivity contribution is 6.30. The second-order valence-corrected chi connectivity index (χ2v) is 6.21. The van der Waals surface area contributed by atoms with E-state index in [4.69, 9.17) is 26.3 Å². The summed E-state index contributed by atoms with van der Waals surface area (Å²) in [6.45, 7) is 4.28. The van der Waals surface area contributed by atoms with Crippen LogP contribution < -0.4 is 14.6 Å². The molecule has 0 bridgehead atoms. The number of aliphatic carboxylic acids is 1. The maximum Gasteiger partial charge on any atom is 0.347 e. The third-order valence-corrected chi connectivity index (χ3v) is 3.51. The standard InChI is InChI=1S/C18H18ClNO5/c1-12(21)20(25-16-8-4-13(19)5-9-16)14-6-10-15(11-7-14)24-18(2,3)17(22)23/h4-11H,1-3H3,(H,22,23). The summed E-state index contributed by atoms with van der Waals surface area (Å²) in [6, 6.07) is 12.9. The van der Waals surface area contributed by atoms with Gasteiger partial charge in [-0.2, -0.15) is 0 Å². The van der Waals surface area contributed by atoms with Gasteiger partial charge in [0.2, 0.25) is 0 Å². The third kappa shape index (κ3) is 4.87. The average molecular weight is 364 g/mol. The Kier molecular flexibility index (Phi) is 5.54. The minimum Gasteiger partial charge on any atom is -0.478 e. The van der Waals surface area contributed by atoms with E-state index in [0.29, 0.717) is 22.2 Å². The number of amides is 1. The predicted molar refractivity (Wildman–Crippen MR) is 94.0 cm³/mol. The molecule has 7 heteroatoms. The average Bonchev–Trinajstić information content (AvgIpc) is 2.54. The van der Waals surface area contributed by atoms with Crippen molar-refractivity contribution in [3.63, 3.8) is 0 Å². The van der Waals surface area contributed by atoms with E-state index in [0.717, 1.165) is 5.06 Å². The number of carbonyl (C=O) groups is 2. The Morgan fingerprint density at radius 1 is 1.00 bits per heavy atom. The van der Waals surface area contributed by atoms with Crippen LogP contribution in [0.15, 0.2) is 48.5 Å². The highest BCUT2D eigenvalue weighted by atomic mass is 35.5. The molecule has 0 fully saturated rings. The van der Waals surface area contributed by atoms with E-state index in [-0.39, 0.29) is 5.91 Å². The number of rotatable bonds is 6. The molecule has 0 aliphatic carbocycles. The molecule has 0 aromatic heterocycles. The fourth-order valence-electron chi connectivity index (χ4n) is 1.89. The maximum absolute atomic E-state index is 11.9. The normalized spacial score (nSPS) is 10.9. The summed E-state index contributed by atoms with van der Waals surface area (Å²) in [4.78, 5) is 28.6. The topological polar surface area (TPSA) is 76.1 Å². The number of carboxylic acid groups (broad SMARTS) is 1. The third-order valence-electron chi connectivity index (χ3n) is 3.26. The summed E-state index contributed by atoms with van der Waals surface area (Å²) in [5.74, 6) is -0.583. The molecule has 1 amide bonds. The first-order valence-corrected chi connectivity index (χ1v) is 7.83. The first kappa shape index (κ1) is 18.6. The minimum atomic E-state index is -1.36.